The van der Waals surface area contributed by atoms with Gasteiger partial charge in [-0.25, -0.2) is 4.98 Å². The molecule has 0 saturated heterocycles. The highest BCUT2D eigenvalue weighted by Gasteiger charge is 2.10. The van der Waals surface area contributed by atoms with Gasteiger partial charge in [0.2, 0.25) is 0 Å². The fraction of sp³-hybridized carbons (Fsp3) is 0.733. The molecule has 1 rings (SSSR count). The summed E-state index contributed by atoms with van der Waals surface area (Å²) in [4.78, 5) is 18.0. The van der Waals surface area contributed by atoms with E-state index in [-0.39, 0.29) is 12.4 Å². The highest BCUT2D eigenvalue weighted by Crippen LogP contribution is 2.18. The minimum atomic E-state index is -0.251. The third kappa shape index (κ3) is 6.91. The molecule has 0 bridgehead atoms. The molecule has 0 radical (unpaired) electrons. The van der Waals surface area contributed by atoms with E-state index in [1.165, 1.54) is 24.9 Å². The molecule has 1 N–H and O–H groups in total. The molecule has 0 spiro atoms. The van der Waals surface area contributed by atoms with Gasteiger partial charge in [0, 0.05) is 11.4 Å². The van der Waals surface area contributed by atoms with E-state index in [0.717, 1.165) is 36.9 Å². The maximum absolute atomic E-state index is 11.2. The summed E-state index contributed by atoms with van der Waals surface area (Å²) in [7, 11) is 1.39. The molecule has 6 heteroatoms. The van der Waals surface area contributed by atoms with Crippen LogP contribution in [0, 0.1) is 0 Å². The number of rotatable bonds is 10. The predicted molar refractivity (Wildman–Crippen MR) is 87.9 cm³/mol. The molecule has 1 unspecified atom stereocenters. The lowest BCUT2D eigenvalue weighted by molar-refractivity contribution is -0.139. The molecule has 1 aromatic rings. The average Bonchev–Trinajstić information content (AvgIpc) is 2.90. The molecule has 21 heavy (non-hydrogen) atoms. The van der Waals surface area contributed by atoms with Crippen molar-refractivity contribution in [3.05, 3.63) is 11.1 Å². The number of esters is 1. The topological polar surface area (TPSA) is 54.5 Å². The van der Waals surface area contributed by atoms with Crippen LogP contribution < -0.4 is 5.32 Å². The monoisotopic (exact) mass is 313 g/mol. The minimum Gasteiger partial charge on any atom is -0.469 e. The summed E-state index contributed by atoms with van der Waals surface area (Å²) in [6.07, 6.45) is 2.53. The van der Waals surface area contributed by atoms with E-state index >= 15 is 0 Å². The summed E-state index contributed by atoms with van der Waals surface area (Å²) >= 11 is 1.54. The molecular weight excluding hydrogens is 286 g/mol. The van der Waals surface area contributed by atoms with Gasteiger partial charge in [-0.15, -0.1) is 11.3 Å². The highest BCUT2D eigenvalue weighted by atomic mass is 32.1. The van der Waals surface area contributed by atoms with Crippen LogP contribution in [-0.2, 0) is 16.0 Å². The number of nitrogens with one attached hydrogen (secondary N) is 1. The van der Waals surface area contributed by atoms with Crippen LogP contribution in [0.25, 0.3) is 0 Å². The Morgan fingerprint density at radius 3 is 2.81 bits per heavy atom. The number of ether oxygens (including phenoxy) is 1. The van der Waals surface area contributed by atoms with Crippen LogP contribution >= 0.6 is 11.3 Å². The first-order chi connectivity index (χ1) is 10.1. The van der Waals surface area contributed by atoms with Crippen LogP contribution in [0.1, 0.15) is 39.3 Å². The second-order valence-corrected chi connectivity index (χ2v) is 5.97. The number of thiazole rings is 1. The third-order valence-electron chi connectivity index (χ3n) is 3.48. The SMILES string of the molecule is CCN(CC)CCCC(C)Nc1nc(CC(=O)OC)cs1. The van der Waals surface area contributed by atoms with Crippen molar-refractivity contribution < 1.29 is 9.53 Å². The number of hydrogen-bond donors (Lipinski definition) is 1. The van der Waals surface area contributed by atoms with Gasteiger partial charge in [0.25, 0.3) is 0 Å². The van der Waals surface area contributed by atoms with Gasteiger partial charge in [0.1, 0.15) is 0 Å². The molecule has 5 nitrogen and oxygen atoms in total. The van der Waals surface area contributed by atoms with E-state index < -0.39 is 0 Å². The van der Waals surface area contributed by atoms with Crippen LogP contribution in [0.3, 0.4) is 0 Å². The van der Waals surface area contributed by atoms with Crippen molar-refractivity contribution in [1.29, 1.82) is 0 Å². The number of aromatic nitrogens is 1. The van der Waals surface area contributed by atoms with E-state index in [9.17, 15) is 4.79 Å². The zero-order valence-corrected chi connectivity index (χ0v) is 14.3. The van der Waals surface area contributed by atoms with Crippen LogP contribution in [0.4, 0.5) is 5.13 Å². The normalized spacial score (nSPS) is 12.4. The fourth-order valence-corrected chi connectivity index (χ4v) is 2.94. The third-order valence-corrected chi connectivity index (χ3v) is 4.30. The molecule has 1 atom stereocenters. The van der Waals surface area contributed by atoms with Crippen molar-refractivity contribution in [1.82, 2.24) is 9.88 Å². The largest absolute Gasteiger partial charge is 0.469 e. The quantitative estimate of drug-likeness (QED) is 0.673. The van der Waals surface area contributed by atoms with Gasteiger partial charge in [-0.2, -0.15) is 0 Å². The molecule has 120 valence electrons. The average molecular weight is 313 g/mol. The van der Waals surface area contributed by atoms with Crippen LogP contribution in [0.15, 0.2) is 5.38 Å². The standard InChI is InChI=1S/C15H27N3O2S/c1-5-18(6-2)9-7-8-12(3)16-15-17-13(11-21-15)10-14(19)20-4/h11-12H,5-10H2,1-4H3,(H,16,17). The van der Waals surface area contributed by atoms with Crippen LogP contribution in [0.5, 0.6) is 0 Å². The zero-order chi connectivity index (χ0) is 15.7. The summed E-state index contributed by atoms with van der Waals surface area (Å²) in [5, 5.41) is 6.18. The number of hydrogen-bond acceptors (Lipinski definition) is 6. The van der Waals surface area contributed by atoms with Gasteiger partial charge < -0.3 is 15.0 Å². The van der Waals surface area contributed by atoms with Crippen LogP contribution in [0.2, 0.25) is 0 Å². The van der Waals surface area contributed by atoms with Crippen molar-refractivity contribution >= 4 is 22.4 Å². The lowest BCUT2D eigenvalue weighted by Gasteiger charge is -2.19. The second kappa shape index (κ2) is 9.73. The number of carbonyl (C=O) groups is 1. The molecule has 0 aliphatic carbocycles. The first-order valence-corrected chi connectivity index (χ1v) is 8.47. The summed E-state index contributed by atoms with van der Waals surface area (Å²) in [6.45, 7) is 9.94. The highest BCUT2D eigenvalue weighted by molar-refractivity contribution is 7.13. The maximum atomic E-state index is 11.2. The summed E-state index contributed by atoms with van der Waals surface area (Å²) in [6, 6.07) is 0.387. The molecule has 0 aliphatic rings. The molecule has 1 heterocycles. The molecule has 0 saturated carbocycles. The van der Waals surface area contributed by atoms with Gasteiger partial charge in [-0.1, -0.05) is 13.8 Å². The van der Waals surface area contributed by atoms with Crippen molar-refractivity contribution in [2.75, 3.05) is 32.1 Å². The Balaban J connectivity index is 2.31. The Hall–Kier alpha value is -1.14. The van der Waals surface area contributed by atoms with Crippen molar-refractivity contribution in [3.8, 4) is 0 Å². The van der Waals surface area contributed by atoms with E-state index in [1.807, 2.05) is 5.38 Å². The van der Waals surface area contributed by atoms with Crippen LogP contribution in [-0.4, -0.2) is 48.6 Å². The first kappa shape index (κ1) is 17.9. The van der Waals surface area contributed by atoms with E-state index in [4.69, 9.17) is 0 Å². The van der Waals surface area contributed by atoms with Crippen molar-refractivity contribution in [2.24, 2.45) is 0 Å². The lowest BCUT2D eigenvalue weighted by Crippen LogP contribution is -2.25. The Morgan fingerprint density at radius 1 is 1.48 bits per heavy atom. The number of nitrogens with zero attached hydrogens (tertiary/aromatic N) is 2. The zero-order valence-electron chi connectivity index (χ0n) is 13.5. The Morgan fingerprint density at radius 2 is 2.19 bits per heavy atom. The van der Waals surface area contributed by atoms with Crippen molar-refractivity contribution in [2.45, 2.75) is 46.1 Å². The molecule has 0 aliphatic heterocycles. The molecule has 0 amide bonds. The first-order valence-electron chi connectivity index (χ1n) is 7.59. The predicted octanol–water partition coefficient (Wildman–Crippen LogP) is 2.78. The molecule has 0 fully saturated rings. The van der Waals surface area contributed by atoms with E-state index in [1.54, 1.807) is 0 Å². The summed E-state index contributed by atoms with van der Waals surface area (Å²) in [5.41, 5.74) is 0.768. The lowest BCUT2D eigenvalue weighted by atomic mass is 10.2. The number of methoxy groups -OCH3 is 1. The van der Waals surface area contributed by atoms with Gasteiger partial charge >= 0.3 is 5.97 Å². The minimum absolute atomic E-state index is 0.241. The second-order valence-electron chi connectivity index (χ2n) is 5.11. The molecule has 1 aromatic heterocycles. The summed E-state index contributed by atoms with van der Waals surface area (Å²) < 4.78 is 4.64. The van der Waals surface area contributed by atoms with E-state index in [0.29, 0.717) is 6.04 Å². The fourth-order valence-electron chi connectivity index (χ4n) is 2.12. The Kier molecular flexibility index (Phi) is 8.30. The van der Waals surface area contributed by atoms with Gasteiger partial charge in [0.15, 0.2) is 5.13 Å². The number of carbonyl (C=O) groups excluding carboxylic acids is 1. The molecular formula is C15H27N3O2S. The number of anilines is 1. The van der Waals surface area contributed by atoms with E-state index in [2.05, 4.69) is 40.7 Å². The smallest absolute Gasteiger partial charge is 0.311 e. The summed E-state index contributed by atoms with van der Waals surface area (Å²) in [5.74, 6) is -0.251. The van der Waals surface area contributed by atoms with Crippen molar-refractivity contribution in [3.63, 3.8) is 0 Å². The Bertz CT molecular complexity index is 419. The molecule has 0 aromatic carbocycles. The Labute approximate surface area is 131 Å². The van der Waals surface area contributed by atoms with Gasteiger partial charge in [-0.05, 0) is 39.4 Å². The maximum Gasteiger partial charge on any atom is 0.311 e. The van der Waals surface area contributed by atoms with Gasteiger partial charge in [0.05, 0.1) is 19.2 Å². The van der Waals surface area contributed by atoms with Gasteiger partial charge in [-0.3, -0.25) is 4.79 Å².